The van der Waals surface area contributed by atoms with Crippen LogP contribution in [0.3, 0.4) is 0 Å². The number of aromatic nitrogens is 1. The van der Waals surface area contributed by atoms with E-state index in [4.69, 9.17) is 4.78 Å². The second kappa shape index (κ2) is 8.33. The SMILES string of the molecule is Cc1ccc(NC(=O)c2c3c(cn2C)S(=N)(=O)N[C@@H](C2=CCCCC2)CC3)cc1C#N. The van der Waals surface area contributed by atoms with Gasteiger partial charge in [0.05, 0.1) is 16.5 Å². The zero-order valence-corrected chi connectivity index (χ0v) is 18.6. The molecule has 2 aliphatic rings. The number of rotatable bonds is 3. The number of hydrogen-bond acceptors (Lipinski definition) is 4. The Labute approximate surface area is 183 Å². The minimum atomic E-state index is -3.24. The number of carbonyl (C=O) groups excluding carboxylic acids is 1. The third-order valence-electron chi connectivity index (χ3n) is 6.15. The van der Waals surface area contributed by atoms with Crippen LogP contribution in [0.25, 0.3) is 0 Å². The van der Waals surface area contributed by atoms with Crippen LogP contribution in [0.2, 0.25) is 0 Å². The molecule has 1 aromatic heterocycles. The van der Waals surface area contributed by atoms with Gasteiger partial charge in [-0.05, 0) is 63.1 Å². The number of anilines is 1. The van der Waals surface area contributed by atoms with E-state index in [9.17, 15) is 14.3 Å². The van der Waals surface area contributed by atoms with Crippen molar-refractivity contribution in [2.45, 2.75) is 56.4 Å². The van der Waals surface area contributed by atoms with E-state index in [2.05, 4.69) is 22.2 Å². The molecule has 2 heterocycles. The molecule has 2 aromatic rings. The minimum absolute atomic E-state index is 0.103. The summed E-state index contributed by atoms with van der Waals surface area (Å²) in [5.41, 5.74) is 4.19. The van der Waals surface area contributed by atoms with E-state index in [1.165, 1.54) is 12.0 Å². The monoisotopic (exact) mass is 437 g/mol. The molecule has 31 heavy (non-hydrogen) atoms. The highest BCUT2D eigenvalue weighted by molar-refractivity contribution is 7.90. The Hall–Kier alpha value is -2.89. The molecule has 0 radical (unpaired) electrons. The van der Waals surface area contributed by atoms with Crippen molar-refractivity contribution in [1.82, 2.24) is 9.29 Å². The summed E-state index contributed by atoms with van der Waals surface area (Å²) in [7, 11) is -1.50. The van der Waals surface area contributed by atoms with E-state index in [0.717, 1.165) is 24.8 Å². The highest BCUT2D eigenvalue weighted by atomic mass is 32.2. The van der Waals surface area contributed by atoms with Crippen LogP contribution in [0.4, 0.5) is 5.69 Å². The van der Waals surface area contributed by atoms with Crippen LogP contribution in [-0.4, -0.2) is 20.7 Å². The predicted octanol–water partition coefficient (Wildman–Crippen LogP) is 4.18. The van der Waals surface area contributed by atoms with Crippen LogP contribution in [0.5, 0.6) is 0 Å². The molecule has 162 valence electrons. The lowest BCUT2D eigenvalue weighted by Gasteiger charge is -2.23. The zero-order valence-electron chi connectivity index (χ0n) is 17.8. The maximum atomic E-state index is 13.3. The van der Waals surface area contributed by atoms with Gasteiger partial charge in [-0.3, -0.25) is 4.79 Å². The summed E-state index contributed by atoms with van der Waals surface area (Å²) in [5.74, 6) is -0.331. The average molecular weight is 438 g/mol. The Kier molecular flexibility index (Phi) is 5.73. The number of amides is 1. The Morgan fingerprint density at radius 2 is 2.16 bits per heavy atom. The first-order chi connectivity index (χ1) is 14.8. The van der Waals surface area contributed by atoms with Crippen LogP contribution in [0, 0.1) is 23.0 Å². The van der Waals surface area contributed by atoms with Gasteiger partial charge >= 0.3 is 0 Å². The normalized spacial score (nSPS) is 23.3. The molecule has 8 heteroatoms. The van der Waals surface area contributed by atoms with Crippen molar-refractivity contribution in [3.8, 4) is 6.07 Å². The molecule has 1 aliphatic heterocycles. The summed E-state index contributed by atoms with van der Waals surface area (Å²) in [6, 6.07) is 7.23. The molecule has 1 amide bonds. The van der Waals surface area contributed by atoms with Crippen LogP contribution in [0.15, 0.2) is 40.9 Å². The number of aryl methyl sites for hydroxylation is 2. The Bertz CT molecular complexity index is 1220. The lowest BCUT2D eigenvalue weighted by Crippen LogP contribution is -2.34. The van der Waals surface area contributed by atoms with Gasteiger partial charge < -0.3 is 9.88 Å². The molecule has 0 spiro atoms. The molecule has 1 aromatic carbocycles. The molecular weight excluding hydrogens is 410 g/mol. The van der Waals surface area contributed by atoms with Crippen molar-refractivity contribution in [3.63, 3.8) is 0 Å². The molecule has 0 saturated heterocycles. The zero-order chi connectivity index (χ0) is 22.2. The highest BCUT2D eigenvalue weighted by Gasteiger charge is 2.32. The summed E-state index contributed by atoms with van der Waals surface area (Å²) in [6.45, 7) is 1.84. The molecule has 3 N–H and O–H groups in total. The summed E-state index contributed by atoms with van der Waals surface area (Å²) in [5, 5.41) is 12.1. The lowest BCUT2D eigenvalue weighted by molar-refractivity contribution is 0.101. The Morgan fingerprint density at radius 3 is 2.87 bits per heavy atom. The van der Waals surface area contributed by atoms with Crippen molar-refractivity contribution >= 4 is 21.5 Å². The number of benzene rings is 1. The second-order valence-corrected chi connectivity index (χ2v) is 10.1. The van der Waals surface area contributed by atoms with Crippen LogP contribution in [-0.2, 0) is 23.4 Å². The second-order valence-electron chi connectivity index (χ2n) is 8.32. The fraction of sp³-hybridized carbons (Fsp3) is 0.391. The van der Waals surface area contributed by atoms with Crippen LogP contribution in [0.1, 0.15) is 59.3 Å². The van der Waals surface area contributed by atoms with Gasteiger partial charge in [0.1, 0.15) is 15.6 Å². The van der Waals surface area contributed by atoms with Crippen LogP contribution >= 0.6 is 0 Å². The van der Waals surface area contributed by atoms with Crippen molar-refractivity contribution in [1.29, 1.82) is 10.0 Å². The maximum Gasteiger partial charge on any atom is 0.272 e. The van der Waals surface area contributed by atoms with Gasteiger partial charge in [-0.25, -0.2) is 13.7 Å². The van der Waals surface area contributed by atoms with Gasteiger partial charge in [-0.15, -0.1) is 0 Å². The summed E-state index contributed by atoms with van der Waals surface area (Å²) >= 11 is 0. The first kappa shape index (κ1) is 21.3. The Balaban J connectivity index is 1.65. The van der Waals surface area contributed by atoms with E-state index < -0.39 is 9.92 Å². The summed E-state index contributed by atoms with van der Waals surface area (Å²) < 4.78 is 26.6. The number of hydrogen-bond donors (Lipinski definition) is 3. The molecule has 1 unspecified atom stereocenters. The predicted molar refractivity (Wildman–Crippen MR) is 120 cm³/mol. The number of fused-ring (bicyclic) bond motifs is 1. The molecule has 4 rings (SSSR count). The minimum Gasteiger partial charge on any atom is -0.345 e. The first-order valence-corrected chi connectivity index (χ1v) is 12.1. The smallest absolute Gasteiger partial charge is 0.272 e. The fourth-order valence-corrected chi connectivity index (χ4v) is 6.15. The largest absolute Gasteiger partial charge is 0.345 e. The number of nitrogens with zero attached hydrogens (tertiary/aromatic N) is 2. The van der Waals surface area contributed by atoms with E-state index in [-0.39, 0.29) is 11.9 Å². The summed E-state index contributed by atoms with van der Waals surface area (Å²) in [6.07, 6.45) is 9.40. The van der Waals surface area contributed by atoms with Crippen molar-refractivity contribution in [2.75, 3.05) is 5.32 Å². The van der Waals surface area contributed by atoms with E-state index >= 15 is 0 Å². The van der Waals surface area contributed by atoms with Gasteiger partial charge in [-0.1, -0.05) is 17.7 Å². The standard InChI is InChI=1S/C23H27N5O2S/c1-15-8-9-18(12-17(15)13-24)26-23(29)22-19-10-11-20(16-6-4-3-5-7-16)27-31(25,30)21(19)14-28(22)2/h6,8-9,12,14,20H,3-5,7,10-11H2,1-2H3,(H,26,29)(H2,25,27,30)/t20-,31?/m1/s1. The molecular formula is C23H27N5O2S. The van der Waals surface area contributed by atoms with Gasteiger partial charge in [0.25, 0.3) is 5.91 Å². The third kappa shape index (κ3) is 4.16. The third-order valence-corrected chi connectivity index (χ3v) is 7.74. The average Bonchev–Trinajstić information content (AvgIpc) is 3.04. The molecule has 0 fully saturated rings. The fourth-order valence-electron chi connectivity index (χ4n) is 4.50. The van der Waals surface area contributed by atoms with Gasteiger partial charge in [0.15, 0.2) is 0 Å². The maximum absolute atomic E-state index is 13.3. The number of carbonyl (C=O) groups is 1. The first-order valence-electron chi connectivity index (χ1n) is 10.6. The topological polar surface area (TPSA) is 111 Å². The van der Waals surface area contributed by atoms with E-state index in [1.807, 2.05) is 6.92 Å². The number of nitrogens with one attached hydrogen (secondary N) is 3. The number of allylic oxidation sites excluding steroid dienone is 1. The molecule has 1 aliphatic carbocycles. The Morgan fingerprint density at radius 1 is 1.35 bits per heavy atom. The van der Waals surface area contributed by atoms with E-state index in [1.54, 1.807) is 36.0 Å². The molecule has 7 nitrogen and oxygen atoms in total. The van der Waals surface area contributed by atoms with Crippen molar-refractivity contribution < 1.29 is 9.00 Å². The van der Waals surface area contributed by atoms with Crippen molar-refractivity contribution in [3.05, 3.63) is 58.4 Å². The van der Waals surface area contributed by atoms with Gasteiger partial charge in [0, 0.05) is 30.5 Å². The molecule has 0 bridgehead atoms. The van der Waals surface area contributed by atoms with E-state index in [0.29, 0.717) is 40.2 Å². The molecule has 2 atom stereocenters. The summed E-state index contributed by atoms with van der Waals surface area (Å²) in [4.78, 5) is 13.5. The van der Waals surface area contributed by atoms with Crippen molar-refractivity contribution in [2.24, 2.45) is 7.05 Å². The lowest BCUT2D eigenvalue weighted by atomic mass is 9.91. The van der Waals surface area contributed by atoms with Crippen LogP contribution < -0.4 is 10.0 Å². The number of nitriles is 1. The quantitative estimate of drug-likeness (QED) is 0.626. The van der Waals surface area contributed by atoms with Gasteiger partial charge in [0.2, 0.25) is 0 Å². The highest BCUT2D eigenvalue weighted by Crippen LogP contribution is 2.32. The van der Waals surface area contributed by atoms with Gasteiger partial charge in [-0.2, -0.15) is 5.26 Å². The molecule has 0 saturated carbocycles.